The molecule has 0 aromatic carbocycles. The van der Waals surface area contributed by atoms with Gasteiger partial charge in [-0.05, 0) is 35.3 Å². The lowest BCUT2D eigenvalue weighted by atomic mass is 9.78. The van der Waals surface area contributed by atoms with Gasteiger partial charge in [0.25, 0.3) is 0 Å². The molecule has 1 aliphatic heterocycles. The Labute approximate surface area is 107 Å². The second-order valence-electron chi connectivity index (χ2n) is 4.13. The Kier molecular flexibility index (Phi) is 3.37. The molecule has 16 heavy (non-hydrogen) atoms. The minimum atomic E-state index is -0.748. The van der Waals surface area contributed by atoms with Gasteiger partial charge in [-0.15, -0.1) is 11.3 Å². The van der Waals surface area contributed by atoms with E-state index in [1.807, 2.05) is 18.4 Å². The Balaban J connectivity index is 2.24. The largest absolute Gasteiger partial charge is 0.481 e. The van der Waals surface area contributed by atoms with Crippen molar-refractivity contribution in [3.05, 3.63) is 20.8 Å². The number of halogens is 1. The second kappa shape index (κ2) is 4.47. The van der Waals surface area contributed by atoms with Gasteiger partial charge in [0, 0.05) is 27.8 Å². The third-order valence-electron chi connectivity index (χ3n) is 3.23. The number of hydrogen-bond acceptors (Lipinski definition) is 3. The van der Waals surface area contributed by atoms with E-state index >= 15 is 0 Å². The lowest BCUT2D eigenvalue weighted by molar-refractivity contribution is -0.151. The molecule has 1 fully saturated rings. The van der Waals surface area contributed by atoms with Crippen molar-refractivity contribution in [2.75, 3.05) is 6.61 Å². The SMILES string of the molecule is CC1OCCC1(Cc1cc(Br)cs1)C(=O)O. The van der Waals surface area contributed by atoms with Crippen molar-refractivity contribution < 1.29 is 14.6 Å². The molecule has 0 spiro atoms. The number of thiophene rings is 1. The highest BCUT2D eigenvalue weighted by Gasteiger charge is 2.48. The van der Waals surface area contributed by atoms with Crippen LogP contribution in [0.25, 0.3) is 0 Å². The summed E-state index contributed by atoms with van der Waals surface area (Å²) in [4.78, 5) is 12.5. The minimum absolute atomic E-state index is 0.217. The van der Waals surface area contributed by atoms with Crippen LogP contribution < -0.4 is 0 Å². The fraction of sp³-hybridized carbons (Fsp3) is 0.545. The Hall–Kier alpha value is -0.390. The van der Waals surface area contributed by atoms with Crippen LogP contribution in [0.4, 0.5) is 0 Å². The van der Waals surface area contributed by atoms with Crippen LogP contribution in [0.15, 0.2) is 15.9 Å². The molecule has 0 radical (unpaired) electrons. The first-order chi connectivity index (χ1) is 7.54. The van der Waals surface area contributed by atoms with Gasteiger partial charge >= 0.3 is 5.97 Å². The molecule has 0 bridgehead atoms. The van der Waals surface area contributed by atoms with Crippen LogP contribution in [-0.4, -0.2) is 23.8 Å². The van der Waals surface area contributed by atoms with E-state index in [2.05, 4.69) is 15.9 Å². The normalized spacial score (nSPS) is 29.5. The van der Waals surface area contributed by atoms with E-state index in [4.69, 9.17) is 4.74 Å². The molecular formula is C11H13BrO3S. The average molecular weight is 305 g/mol. The van der Waals surface area contributed by atoms with Crippen molar-refractivity contribution in [3.63, 3.8) is 0 Å². The predicted octanol–water partition coefficient (Wildman–Crippen LogP) is 2.93. The summed E-state index contributed by atoms with van der Waals surface area (Å²) in [6.07, 6.45) is 0.935. The molecule has 2 rings (SSSR count). The number of carbonyl (C=O) groups is 1. The summed E-state index contributed by atoms with van der Waals surface area (Å²) in [5, 5.41) is 11.4. The van der Waals surface area contributed by atoms with Gasteiger partial charge in [0.15, 0.2) is 0 Å². The zero-order valence-corrected chi connectivity index (χ0v) is 11.3. The topological polar surface area (TPSA) is 46.5 Å². The van der Waals surface area contributed by atoms with Crippen molar-refractivity contribution >= 4 is 33.2 Å². The van der Waals surface area contributed by atoms with Crippen LogP contribution in [0.2, 0.25) is 0 Å². The van der Waals surface area contributed by atoms with Crippen LogP contribution in [0.5, 0.6) is 0 Å². The number of hydrogen-bond donors (Lipinski definition) is 1. The maximum absolute atomic E-state index is 11.5. The second-order valence-corrected chi connectivity index (χ2v) is 6.04. The van der Waals surface area contributed by atoms with Gasteiger partial charge in [-0.3, -0.25) is 4.79 Å². The molecular weight excluding hydrogens is 292 g/mol. The monoisotopic (exact) mass is 304 g/mol. The van der Waals surface area contributed by atoms with E-state index in [9.17, 15) is 9.90 Å². The number of carboxylic acid groups (broad SMARTS) is 1. The van der Waals surface area contributed by atoms with E-state index in [0.29, 0.717) is 19.4 Å². The number of ether oxygens (including phenoxy) is 1. The van der Waals surface area contributed by atoms with Crippen LogP contribution in [0.1, 0.15) is 18.2 Å². The molecule has 0 aliphatic carbocycles. The van der Waals surface area contributed by atoms with Gasteiger partial charge in [-0.1, -0.05) is 0 Å². The van der Waals surface area contributed by atoms with Crippen LogP contribution >= 0.6 is 27.3 Å². The van der Waals surface area contributed by atoms with E-state index in [-0.39, 0.29) is 6.10 Å². The van der Waals surface area contributed by atoms with Crippen molar-refractivity contribution in [3.8, 4) is 0 Å². The molecule has 0 amide bonds. The molecule has 2 atom stereocenters. The third kappa shape index (κ3) is 2.04. The summed E-state index contributed by atoms with van der Waals surface area (Å²) in [5.74, 6) is -0.748. The van der Waals surface area contributed by atoms with E-state index < -0.39 is 11.4 Å². The molecule has 0 saturated carbocycles. The van der Waals surface area contributed by atoms with Crippen molar-refractivity contribution in [1.29, 1.82) is 0 Å². The fourth-order valence-electron chi connectivity index (χ4n) is 2.13. The van der Waals surface area contributed by atoms with Crippen LogP contribution in [-0.2, 0) is 16.0 Å². The molecule has 88 valence electrons. The first-order valence-electron chi connectivity index (χ1n) is 5.12. The zero-order chi connectivity index (χ0) is 11.8. The molecule has 1 N–H and O–H groups in total. The van der Waals surface area contributed by atoms with Crippen molar-refractivity contribution in [1.82, 2.24) is 0 Å². The van der Waals surface area contributed by atoms with E-state index in [1.54, 1.807) is 11.3 Å². The Morgan fingerprint density at radius 3 is 3.00 bits per heavy atom. The maximum Gasteiger partial charge on any atom is 0.312 e. The summed E-state index contributed by atoms with van der Waals surface area (Å²) >= 11 is 4.97. The minimum Gasteiger partial charge on any atom is -0.481 e. The Bertz CT molecular complexity index is 404. The highest BCUT2D eigenvalue weighted by Crippen LogP contribution is 2.40. The van der Waals surface area contributed by atoms with Gasteiger partial charge in [0.05, 0.1) is 6.10 Å². The molecule has 2 unspecified atom stereocenters. The molecule has 1 aliphatic rings. The third-order valence-corrected chi connectivity index (χ3v) is 4.93. The van der Waals surface area contributed by atoms with Crippen molar-refractivity contribution in [2.45, 2.75) is 25.9 Å². The molecule has 5 heteroatoms. The predicted molar refractivity (Wildman–Crippen MR) is 65.8 cm³/mol. The lowest BCUT2D eigenvalue weighted by Gasteiger charge is -2.26. The van der Waals surface area contributed by atoms with Gasteiger partial charge in [0.1, 0.15) is 5.41 Å². The van der Waals surface area contributed by atoms with Gasteiger partial charge in [-0.25, -0.2) is 0 Å². The lowest BCUT2D eigenvalue weighted by Crippen LogP contribution is -2.39. The molecule has 1 aromatic rings. The Morgan fingerprint density at radius 2 is 2.56 bits per heavy atom. The molecule has 1 aromatic heterocycles. The summed E-state index contributed by atoms with van der Waals surface area (Å²) in [6, 6.07) is 1.99. The molecule has 3 nitrogen and oxygen atoms in total. The number of carboxylic acids is 1. The summed E-state index contributed by atoms with van der Waals surface area (Å²) in [7, 11) is 0. The quantitative estimate of drug-likeness (QED) is 0.934. The highest BCUT2D eigenvalue weighted by molar-refractivity contribution is 9.10. The van der Waals surface area contributed by atoms with Crippen LogP contribution in [0, 0.1) is 5.41 Å². The Morgan fingerprint density at radius 1 is 1.81 bits per heavy atom. The number of rotatable bonds is 3. The highest BCUT2D eigenvalue weighted by atomic mass is 79.9. The van der Waals surface area contributed by atoms with Gasteiger partial charge in [0.2, 0.25) is 0 Å². The van der Waals surface area contributed by atoms with Gasteiger partial charge < -0.3 is 9.84 Å². The number of aliphatic carboxylic acids is 1. The summed E-state index contributed by atoms with van der Waals surface area (Å²) in [6.45, 7) is 2.39. The first-order valence-corrected chi connectivity index (χ1v) is 6.80. The molecule has 1 saturated heterocycles. The first kappa shape index (κ1) is 12.1. The fourth-order valence-corrected chi connectivity index (χ4v) is 3.70. The standard InChI is InChI=1S/C11H13BrO3S/c1-7-11(10(13)14,2-3-15-7)5-9-4-8(12)6-16-9/h4,6-7H,2-3,5H2,1H3,(H,13,14). The summed E-state index contributed by atoms with van der Waals surface area (Å²) in [5.41, 5.74) is -0.746. The van der Waals surface area contributed by atoms with E-state index in [1.165, 1.54) is 0 Å². The molecule has 2 heterocycles. The maximum atomic E-state index is 11.5. The average Bonchev–Trinajstić information content (AvgIpc) is 2.76. The zero-order valence-electron chi connectivity index (χ0n) is 8.90. The smallest absolute Gasteiger partial charge is 0.312 e. The van der Waals surface area contributed by atoms with E-state index in [0.717, 1.165) is 9.35 Å². The van der Waals surface area contributed by atoms with Crippen LogP contribution in [0.3, 0.4) is 0 Å². The summed E-state index contributed by atoms with van der Waals surface area (Å²) < 4.78 is 6.43. The van der Waals surface area contributed by atoms with Gasteiger partial charge in [-0.2, -0.15) is 0 Å². The van der Waals surface area contributed by atoms with Crippen molar-refractivity contribution in [2.24, 2.45) is 5.41 Å².